The first-order valence-electron chi connectivity index (χ1n) is 11.6. The molecule has 13 nitrogen and oxygen atoms in total. The Hall–Kier alpha value is -3.88. The number of nitrogens with zero attached hydrogens (tertiary/aromatic N) is 4. The number of hydrazine groups is 1. The highest BCUT2D eigenvalue weighted by Crippen LogP contribution is 2.36. The van der Waals surface area contributed by atoms with E-state index in [-0.39, 0.29) is 35.0 Å². The molecule has 1 aromatic carbocycles. The monoisotopic (exact) mass is 529 g/mol. The summed E-state index contributed by atoms with van der Waals surface area (Å²) in [6.07, 6.45) is 4.59. The van der Waals surface area contributed by atoms with Gasteiger partial charge in [0.1, 0.15) is 17.1 Å². The quantitative estimate of drug-likeness (QED) is 0.209. The van der Waals surface area contributed by atoms with Gasteiger partial charge in [-0.15, -0.1) is 0 Å². The number of sulfone groups is 1. The van der Waals surface area contributed by atoms with Crippen LogP contribution in [0.2, 0.25) is 0 Å². The van der Waals surface area contributed by atoms with Crippen molar-refractivity contribution in [1.29, 1.82) is 0 Å². The lowest BCUT2D eigenvalue weighted by Gasteiger charge is -2.30. The van der Waals surface area contributed by atoms with Gasteiger partial charge in [-0.05, 0) is 43.7 Å². The fourth-order valence-electron chi connectivity index (χ4n) is 4.26. The molecule has 0 amide bonds. The van der Waals surface area contributed by atoms with Gasteiger partial charge in [-0.3, -0.25) is 25.4 Å². The summed E-state index contributed by atoms with van der Waals surface area (Å²) in [4.78, 5) is 28.9. The van der Waals surface area contributed by atoms with Gasteiger partial charge in [-0.25, -0.2) is 18.8 Å². The first-order chi connectivity index (χ1) is 17.6. The van der Waals surface area contributed by atoms with Gasteiger partial charge in [0, 0.05) is 19.5 Å². The summed E-state index contributed by atoms with van der Waals surface area (Å²) < 4.78 is 34.7. The highest BCUT2D eigenvalue weighted by atomic mass is 32.2. The third-order valence-electron chi connectivity index (χ3n) is 6.14. The van der Waals surface area contributed by atoms with Gasteiger partial charge in [-0.2, -0.15) is 5.10 Å². The van der Waals surface area contributed by atoms with Crippen LogP contribution in [0.4, 0.5) is 0 Å². The Morgan fingerprint density at radius 3 is 2.70 bits per heavy atom. The number of aromatic amines is 1. The van der Waals surface area contributed by atoms with Crippen molar-refractivity contribution in [2.24, 2.45) is 12.9 Å². The van der Waals surface area contributed by atoms with Crippen LogP contribution in [0.25, 0.3) is 22.4 Å². The number of nitrogens with two attached hydrogens (primary N) is 1. The summed E-state index contributed by atoms with van der Waals surface area (Å²) in [7, 11) is -2.57. The van der Waals surface area contributed by atoms with E-state index in [2.05, 4.69) is 20.5 Å². The summed E-state index contributed by atoms with van der Waals surface area (Å²) >= 11 is 0. The maximum absolute atomic E-state index is 13.8. The normalized spacial score (nSPS) is 17.7. The van der Waals surface area contributed by atoms with Gasteiger partial charge >= 0.3 is 0 Å². The van der Waals surface area contributed by atoms with Crippen LogP contribution in [0.3, 0.4) is 0 Å². The molecule has 37 heavy (non-hydrogen) atoms. The van der Waals surface area contributed by atoms with Gasteiger partial charge in [0.25, 0.3) is 11.3 Å². The molecule has 196 valence electrons. The Morgan fingerprint density at radius 2 is 2.11 bits per heavy atom. The number of nitro groups is 1. The van der Waals surface area contributed by atoms with E-state index in [0.29, 0.717) is 28.9 Å². The fraction of sp³-hybridized carbons (Fsp3) is 0.348. The minimum absolute atomic E-state index is 0.118. The summed E-state index contributed by atoms with van der Waals surface area (Å²) in [6.45, 7) is 4.04. The van der Waals surface area contributed by atoms with E-state index in [0.717, 1.165) is 18.6 Å². The predicted molar refractivity (Wildman–Crippen MR) is 136 cm³/mol. The molecular weight excluding hydrogens is 502 g/mol. The van der Waals surface area contributed by atoms with Gasteiger partial charge in [-0.1, -0.05) is 13.3 Å². The average molecular weight is 530 g/mol. The zero-order valence-electron chi connectivity index (χ0n) is 20.5. The number of nitrogens with one attached hydrogen (secondary N) is 2. The molecule has 1 aliphatic rings. The molecule has 3 aromatic rings. The first-order valence-corrected chi connectivity index (χ1v) is 13.1. The highest BCUT2D eigenvalue weighted by molar-refractivity contribution is 7.93. The SMILES string of the molecule is CCCc1nn(C)c2c(=O)[nH]c(-c3cc(S(=O)(=O)C4(NN)C=CC([N+](=O)[O-])=CC4)ccc3OCC)nc12. The molecule has 4 rings (SSSR count). The van der Waals surface area contributed by atoms with Gasteiger partial charge in [0.2, 0.25) is 9.84 Å². The molecule has 1 unspecified atom stereocenters. The molecule has 0 spiro atoms. The van der Waals surface area contributed by atoms with Crippen LogP contribution in [0.15, 0.2) is 51.8 Å². The number of H-pyrrole nitrogens is 1. The molecule has 1 aliphatic carbocycles. The first kappa shape index (κ1) is 26.2. The molecular formula is C23H27N7O6S. The van der Waals surface area contributed by atoms with E-state index in [1.807, 2.05) is 6.92 Å². The topological polar surface area (TPSA) is 188 Å². The van der Waals surface area contributed by atoms with Crippen molar-refractivity contribution in [2.75, 3.05) is 6.61 Å². The fourth-order valence-corrected chi connectivity index (χ4v) is 5.91. The van der Waals surface area contributed by atoms with Crippen molar-refractivity contribution in [3.05, 3.63) is 68.3 Å². The molecule has 0 saturated carbocycles. The van der Waals surface area contributed by atoms with Crippen LogP contribution in [0, 0.1) is 10.1 Å². The molecule has 1 atom stereocenters. The Kier molecular flexibility index (Phi) is 6.99. The van der Waals surface area contributed by atoms with Gasteiger partial charge in [0.15, 0.2) is 10.4 Å². The molecule has 0 saturated heterocycles. The van der Waals surface area contributed by atoms with E-state index in [4.69, 9.17) is 10.6 Å². The summed E-state index contributed by atoms with van der Waals surface area (Å²) in [5, 5.41) is 15.5. The number of aromatic nitrogens is 4. The number of aryl methyl sites for hydroxylation is 2. The van der Waals surface area contributed by atoms with Crippen LogP contribution in [-0.2, 0) is 23.3 Å². The van der Waals surface area contributed by atoms with Crippen LogP contribution >= 0.6 is 0 Å². The molecule has 2 aromatic heterocycles. The van der Waals surface area contributed by atoms with Crippen LogP contribution < -0.4 is 21.6 Å². The number of fused-ring (bicyclic) bond motifs is 1. The van der Waals surface area contributed by atoms with Gasteiger partial charge < -0.3 is 9.72 Å². The van der Waals surface area contributed by atoms with E-state index < -0.39 is 25.2 Å². The molecule has 14 heteroatoms. The second-order valence-corrected chi connectivity index (χ2v) is 10.7. The number of hydrogen-bond acceptors (Lipinski definition) is 10. The van der Waals surface area contributed by atoms with Crippen molar-refractivity contribution in [3.8, 4) is 17.1 Å². The standard InChI is InChI=1S/C23H27N7O6S/c1-4-6-17-19-20(29(3)27-17)22(31)26-21(25-19)16-13-15(7-8-18(16)36-5-2)37(34,35)23(28-24)11-9-14(10-12-23)30(32)33/h7-11,13,28H,4-6,12,24H2,1-3H3,(H,25,26,31). The van der Waals surface area contributed by atoms with E-state index in [9.17, 15) is 23.3 Å². The van der Waals surface area contributed by atoms with Crippen molar-refractivity contribution in [1.82, 2.24) is 25.2 Å². The minimum Gasteiger partial charge on any atom is -0.493 e. The Labute approximate surface area is 212 Å². The van der Waals surface area contributed by atoms with E-state index in [1.54, 1.807) is 14.0 Å². The maximum atomic E-state index is 13.8. The average Bonchev–Trinajstić information content (AvgIpc) is 3.19. The third kappa shape index (κ3) is 4.43. The van der Waals surface area contributed by atoms with E-state index >= 15 is 0 Å². The molecule has 0 bridgehead atoms. The van der Waals surface area contributed by atoms with Crippen molar-refractivity contribution in [2.45, 2.75) is 42.9 Å². The lowest BCUT2D eigenvalue weighted by Crippen LogP contribution is -2.54. The molecule has 0 fully saturated rings. The third-order valence-corrected chi connectivity index (χ3v) is 8.39. The number of rotatable bonds is 9. The Balaban J connectivity index is 1.89. The second kappa shape index (κ2) is 9.88. The lowest BCUT2D eigenvalue weighted by atomic mass is 10.1. The largest absolute Gasteiger partial charge is 0.493 e. The van der Waals surface area contributed by atoms with E-state index in [1.165, 1.54) is 29.0 Å². The van der Waals surface area contributed by atoms with Crippen molar-refractivity contribution >= 4 is 20.9 Å². The molecule has 4 N–H and O–H groups in total. The number of allylic oxidation sites excluding steroid dienone is 1. The lowest BCUT2D eigenvalue weighted by molar-refractivity contribution is -0.419. The van der Waals surface area contributed by atoms with Crippen LogP contribution in [-0.4, -0.2) is 44.6 Å². The summed E-state index contributed by atoms with van der Waals surface area (Å²) in [5.41, 5.74) is 3.29. The van der Waals surface area contributed by atoms with Gasteiger partial charge in [0.05, 0.1) is 27.7 Å². The maximum Gasteiger partial charge on any atom is 0.277 e. The van der Waals surface area contributed by atoms with Crippen molar-refractivity contribution in [3.63, 3.8) is 0 Å². The Bertz CT molecular complexity index is 1610. The number of benzene rings is 1. The zero-order chi connectivity index (χ0) is 27.0. The van der Waals surface area contributed by atoms with Crippen LogP contribution in [0.5, 0.6) is 5.75 Å². The molecule has 2 heterocycles. The zero-order valence-corrected chi connectivity index (χ0v) is 21.3. The number of hydrogen-bond donors (Lipinski definition) is 3. The Morgan fingerprint density at radius 1 is 1.35 bits per heavy atom. The van der Waals surface area contributed by atoms with Crippen molar-refractivity contribution < 1.29 is 18.1 Å². The summed E-state index contributed by atoms with van der Waals surface area (Å²) in [5.74, 6) is 6.10. The summed E-state index contributed by atoms with van der Waals surface area (Å²) in [6, 6.07) is 4.17. The minimum atomic E-state index is -4.23. The smallest absolute Gasteiger partial charge is 0.277 e. The number of ether oxygens (including phenoxy) is 1. The highest BCUT2D eigenvalue weighted by Gasteiger charge is 2.44. The molecule has 0 aliphatic heterocycles. The molecule has 0 radical (unpaired) electrons. The van der Waals surface area contributed by atoms with Crippen LogP contribution in [0.1, 0.15) is 32.4 Å². The second-order valence-electron chi connectivity index (χ2n) is 8.48. The predicted octanol–water partition coefficient (Wildman–Crippen LogP) is 1.73.